The molecule has 0 bridgehead atoms. The first-order valence-corrected chi connectivity index (χ1v) is 6.66. The van der Waals surface area contributed by atoms with E-state index < -0.39 is 7.12 Å². The molecule has 7 heteroatoms. The third kappa shape index (κ3) is 3.30. The Kier molecular flexibility index (Phi) is 4.63. The van der Waals surface area contributed by atoms with Gasteiger partial charge in [-0.1, -0.05) is 0 Å². The maximum absolute atomic E-state index is 9.03. The van der Waals surface area contributed by atoms with Gasteiger partial charge in [0.2, 0.25) is 0 Å². The van der Waals surface area contributed by atoms with Gasteiger partial charge in [0, 0.05) is 10.9 Å². The Morgan fingerprint density at radius 1 is 1.30 bits per heavy atom. The van der Waals surface area contributed by atoms with Crippen molar-refractivity contribution in [2.75, 3.05) is 7.11 Å². The summed E-state index contributed by atoms with van der Waals surface area (Å²) in [7, 11) is 0.0405. The van der Waals surface area contributed by atoms with Crippen LogP contribution in [0.4, 0.5) is 0 Å². The summed E-state index contributed by atoms with van der Waals surface area (Å²) in [5.74, 6) is 1.02. The van der Waals surface area contributed by atoms with Crippen LogP contribution in [0.25, 0.3) is 0 Å². The lowest BCUT2D eigenvalue weighted by atomic mass is 9.83. The second-order valence-electron chi connectivity index (χ2n) is 3.99. The van der Waals surface area contributed by atoms with E-state index in [-0.39, 0.29) is 0 Å². The van der Waals surface area contributed by atoms with Gasteiger partial charge >= 0.3 is 7.12 Å². The number of hydrogen-bond donors (Lipinski definition) is 2. The molecule has 2 N–H and O–H groups in total. The second-order valence-corrected chi connectivity index (χ2v) is 4.98. The van der Waals surface area contributed by atoms with Crippen molar-refractivity contribution in [3.05, 3.63) is 40.1 Å². The number of thiophene rings is 1. The zero-order chi connectivity index (χ0) is 14.5. The van der Waals surface area contributed by atoms with Gasteiger partial charge in [0.05, 0.1) is 18.7 Å². The van der Waals surface area contributed by atoms with Crippen LogP contribution < -0.4 is 14.9 Å². The van der Waals surface area contributed by atoms with Crippen molar-refractivity contribution < 1.29 is 19.5 Å². The van der Waals surface area contributed by atoms with Gasteiger partial charge in [-0.2, -0.15) is 5.26 Å². The first-order valence-electron chi connectivity index (χ1n) is 5.78. The van der Waals surface area contributed by atoms with Gasteiger partial charge in [-0.25, -0.2) is 0 Å². The first-order chi connectivity index (χ1) is 9.63. The van der Waals surface area contributed by atoms with Gasteiger partial charge in [-0.15, -0.1) is 11.3 Å². The molecule has 0 fully saturated rings. The lowest BCUT2D eigenvalue weighted by Crippen LogP contribution is -2.27. The Labute approximate surface area is 120 Å². The molecule has 2 aromatic rings. The topological polar surface area (TPSA) is 82.7 Å². The lowest BCUT2D eigenvalue weighted by Gasteiger charge is -2.09. The molecule has 0 aliphatic rings. The number of nitrogens with zero attached hydrogens (tertiary/aromatic N) is 1. The average Bonchev–Trinajstić information content (AvgIpc) is 2.94. The number of rotatable bonds is 5. The van der Waals surface area contributed by atoms with Crippen molar-refractivity contribution in [2.24, 2.45) is 0 Å². The molecule has 0 spiro atoms. The fourth-order valence-electron chi connectivity index (χ4n) is 1.61. The van der Waals surface area contributed by atoms with E-state index in [1.165, 1.54) is 18.4 Å². The Bertz CT molecular complexity index is 636. The molecule has 1 aromatic heterocycles. The molecule has 0 unspecified atom stereocenters. The molecular formula is C13H12BNO4S. The molecule has 0 amide bonds. The highest BCUT2D eigenvalue weighted by atomic mass is 32.1. The number of hydrogen-bond acceptors (Lipinski definition) is 6. The lowest BCUT2D eigenvalue weighted by molar-refractivity contribution is 0.287. The van der Waals surface area contributed by atoms with Gasteiger partial charge in [-0.05, 0) is 29.0 Å². The average molecular weight is 289 g/mol. The van der Waals surface area contributed by atoms with Crippen molar-refractivity contribution in [2.45, 2.75) is 6.61 Å². The maximum Gasteiger partial charge on any atom is 0.489 e. The summed E-state index contributed by atoms with van der Waals surface area (Å²) in [4.78, 5) is 0.861. The highest BCUT2D eigenvalue weighted by Crippen LogP contribution is 2.28. The summed E-state index contributed by atoms with van der Waals surface area (Å²) in [5.41, 5.74) is 0.941. The van der Waals surface area contributed by atoms with E-state index in [1.807, 2.05) is 6.07 Å². The molecule has 0 aliphatic heterocycles. The molecule has 102 valence electrons. The molecule has 0 saturated carbocycles. The van der Waals surface area contributed by atoms with Gasteiger partial charge in [0.25, 0.3) is 0 Å². The van der Waals surface area contributed by atoms with Crippen LogP contribution >= 0.6 is 11.3 Å². The summed E-state index contributed by atoms with van der Waals surface area (Å²) in [6.07, 6.45) is 0. The van der Waals surface area contributed by atoms with Crippen molar-refractivity contribution >= 4 is 23.9 Å². The number of benzene rings is 1. The smallest absolute Gasteiger partial charge is 0.489 e. The summed E-state index contributed by atoms with van der Waals surface area (Å²) in [6.45, 7) is 0.291. The van der Waals surface area contributed by atoms with Crippen molar-refractivity contribution in [1.82, 2.24) is 0 Å². The largest absolute Gasteiger partial charge is 0.493 e. The van der Waals surface area contributed by atoms with Crippen LogP contribution in [-0.2, 0) is 6.61 Å². The standard InChI is InChI=1S/C13H12BNO4S/c1-18-13-4-9(6-15)2-3-12(13)19-7-11-5-10(8-20-11)14(16)17/h2-5,8,16-17H,7H2,1H3. The van der Waals surface area contributed by atoms with Crippen LogP contribution in [0.2, 0.25) is 0 Å². The van der Waals surface area contributed by atoms with E-state index in [0.29, 0.717) is 29.1 Å². The Balaban J connectivity index is 2.08. The van der Waals surface area contributed by atoms with E-state index >= 15 is 0 Å². The zero-order valence-corrected chi connectivity index (χ0v) is 11.6. The SMILES string of the molecule is COc1cc(C#N)ccc1OCc1cc(B(O)O)cs1. The summed E-state index contributed by atoms with van der Waals surface area (Å²) >= 11 is 1.38. The van der Waals surface area contributed by atoms with Gasteiger partial charge < -0.3 is 19.5 Å². The second kappa shape index (κ2) is 6.43. The number of nitriles is 1. The predicted molar refractivity (Wildman–Crippen MR) is 76.2 cm³/mol. The minimum atomic E-state index is -1.47. The van der Waals surface area contributed by atoms with Crippen molar-refractivity contribution in [3.63, 3.8) is 0 Å². The number of ether oxygens (including phenoxy) is 2. The molecular weight excluding hydrogens is 277 g/mol. The summed E-state index contributed by atoms with van der Waals surface area (Å²) in [5, 5.41) is 28.6. The highest BCUT2D eigenvalue weighted by Gasteiger charge is 2.13. The summed E-state index contributed by atoms with van der Waals surface area (Å²) in [6, 6.07) is 8.63. The normalized spacial score (nSPS) is 9.90. The van der Waals surface area contributed by atoms with Crippen LogP contribution in [0, 0.1) is 11.3 Å². The van der Waals surface area contributed by atoms with Crippen molar-refractivity contribution in [3.8, 4) is 17.6 Å². The van der Waals surface area contributed by atoms with Gasteiger partial charge in [0.1, 0.15) is 6.61 Å². The van der Waals surface area contributed by atoms with E-state index in [4.69, 9.17) is 24.8 Å². The molecule has 0 saturated heterocycles. The minimum Gasteiger partial charge on any atom is -0.493 e. The molecule has 0 aliphatic carbocycles. The van der Waals surface area contributed by atoms with E-state index in [1.54, 1.807) is 29.6 Å². The highest BCUT2D eigenvalue weighted by molar-refractivity contribution is 7.11. The Morgan fingerprint density at radius 2 is 2.10 bits per heavy atom. The van der Waals surface area contributed by atoms with E-state index in [9.17, 15) is 0 Å². The van der Waals surface area contributed by atoms with E-state index in [2.05, 4.69) is 0 Å². The minimum absolute atomic E-state index is 0.291. The molecule has 1 heterocycles. The fraction of sp³-hybridized carbons (Fsp3) is 0.154. The van der Waals surface area contributed by atoms with Crippen LogP contribution in [0.3, 0.4) is 0 Å². The maximum atomic E-state index is 9.03. The number of methoxy groups -OCH3 is 1. The molecule has 5 nitrogen and oxygen atoms in total. The molecule has 1 aromatic carbocycles. The summed E-state index contributed by atoms with van der Waals surface area (Å²) < 4.78 is 10.8. The van der Waals surface area contributed by atoms with Crippen LogP contribution in [0.1, 0.15) is 10.4 Å². The Morgan fingerprint density at radius 3 is 2.70 bits per heavy atom. The molecule has 2 rings (SSSR count). The molecule has 20 heavy (non-hydrogen) atoms. The van der Waals surface area contributed by atoms with E-state index in [0.717, 1.165) is 4.88 Å². The first kappa shape index (κ1) is 14.4. The molecule has 0 radical (unpaired) electrons. The Hall–Kier alpha value is -2.01. The monoisotopic (exact) mass is 289 g/mol. The fourth-order valence-corrected chi connectivity index (χ4v) is 2.42. The quantitative estimate of drug-likeness (QED) is 0.799. The predicted octanol–water partition coefficient (Wildman–Crippen LogP) is 0.887. The van der Waals surface area contributed by atoms with Crippen molar-refractivity contribution in [1.29, 1.82) is 5.26 Å². The van der Waals surface area contributed by atoms with Crippen LogP contribution in [0.5, 0.6) is 11.5 Å². The van der Waals surface area contributed by atoms with Gasteiger partial charge in [-0.3, -0.25) is 0 Å². The third-order valence-electron chi connectivity index (χ3n) is 2.63. The molecule has 0 atom stereocenters. The van der Waals surface area contributed by atoms with Crippen LogP contribution in [-0.4, -0.2) is 24.3 Å². The van der Waals surface area contributed by atoms with Crippen LogP contribution in [0.15, 0.2) is 29.6 Å². The van der Waals surface area contributed by atoms with Gasteiger partial charge in [0.15, 0.2) is 11.5 Å². The zero-order valence-electron chi connectivity index (χ0n) is 10.7. The third-order valence-corrected chi connectivity index (χ3v) is 3.56.